The molecular formula is C24H19Cl2FN4O3S. The molecule has 180 valence electrons. The van der Waals surface area contributed by atoms with Gasteiger partial charge in [0.1, 0.15) is 29.2 Å². The molecule has 0 N–H and O–H groups in total. The first-order valence-electron chi connectivity index (χ1n) is 10.4. The molecule has 11 heteroatoms. The minimum Gasteiger partial charge on any atom is -0.487 e. The minimum atomic E-state index is -0.580. The van der Waals surface area contributed by atoms with E-state index >= 15 is 0 Å². The Bertz CT molecular complexity index is 1330. The average Bonchev–Trinajstić information content (AvgIpc) is 3.19. The average molecular weight is 533 g/mol. The van der Waals surface area contributed by atoms with E-state index in [0.29, 0.717) is 32.3 Å². The molecule has 0 fully saturated rings. The predicted molar refractivity (Wildman–Crippen MR) is 134 cm³/mol. The zero-order valence-electron chi connectivity index (χ0n) is 18.4. The van der Waals surface area contributed by atoms with Gasteiger partial charge in [0, 0.05) is 15.6 Å². The second-order valence-corrected chi connectivity index (χ2v) is 9.58. The van der Waals surface area contributed by atoms with E-state index in [0.717, 1.165) is 11.3 Å². The number of nitrogens with zero attached hydrogens (tertiary/aromatic N) is 4. The van der Waals surface area contributed by atoms with Gasteiger partial charge in [-0.2, -0.15) is 0 Å². The summed E-state index contributed by atoms with van der Waals surface area (Å²) in [5.74, 6) is 0.731. The number of rotatable bonds is 9. The van der Waals surface area contributed by atoms with Crippen LogP contribution >= 0.6 is 35.0 Å². The molecule has 1 aromatic heterocycles. The van der Waals surface area contributed by atoms with Gasteiger partial charge in [0.2, 0.25) is 6.54 Å². The molecule has 0 amide bonds. The molecule has 0 unspecified atom stereocenters. The van der Waals surface area contributed by atoms with Gasteiger partial charge in [-0.05, 0) is 66.6 Å². The smallest absolute Gasteiger partial charge is 0.220 e. The van der Waals surface area contributed by atoms with Crippen molar-refractivity contribution in [3.8, 4) is 11.4 Å². The largest absolute Gasteiger partial charge is 0.487 e. The molecule has 1 atom stereocenters. The van der Waals surface area contributed by atoms with Gasteiger partial charge in [-0.3, -0.25) is 14.7 Å². The van der Waals surface area contributed by atoms with Crippen LogP contribution in [-0.4, -0.2) is 26.2 Å². The molecule has 35 heavy (non-hydrogen) atoms. The van der Waals surface area contributed by atoms with Crippen LogP contribution in [0.25, 0.3) is 5.69 Å². The first-order valence-corrected chi connectivity index (χ1v) is 12.1. The molecule has 1 heterocycles. The molecule has 7 nitrogen and oxygen atoms in total. The van der Waals surface area contributed by atoms with Crippen LogP contribution < -0.4 is 4.74 Å². The van der Waals surface area contributed by atoms with Crippen molar-refractivity contribution in [2.45, 2.75) is 23.9 Å². The number of aryl methyl sites for hydroxylation is 1. The summed E-state index contributed by atoms with van der Waals surface area (Å²) in [6, 6.07) is 18.2. The first-order chi connectivity index (χ1) is 16.8. The van der Waals surface area contributed by atoms with Crippen molar-refractivity contribution >= 4 is 35.0 Å². The normalized spacial score (nSPS) is 11.9. The summed E-state index contributed by atoms with van der Waals surface area (Å²) in [6.07, 6.45) is 0. The van der Waals surface area contributed by atoms with Gasteiger partial charge in [0.15, 0.2) is 5.16 Å². The van der Waals surface area contributed by atoms with Crippen molar-refractivity contribution in [2.24, 2.45) is 0 Å². The molecule has 0 saturated carbocycles. The molecular weight excluding hydrogens is 514 g/mol. The zero-order valence-corrected chi connectivity index (χ0v) is 20.7. The summed E-state index contributed by atoms with van der Waals surface area (Å²) in [6.45, 7) is 1.66. The van der Waals surface area contributed by atoms with Crippen LogP contribution in [0.3, 0.4) is 0 Å². The number of aromatic nitrogens is 3. The number of thioether (sulfide) groups is 1. The van der Waals surface area contributed by atoms with Gasteiger partial charge in [-0.1, -0.05) is 53.2 Å². The second kappa shape index (κ2) is 11.1. The lowest BCUT2D eigenvalue weighted by atomic mass is 10.1. The molecule has 4 rings (SSSR count). The van der Waals surface area contributed by atoms with Crippen LogP contribution in [0.1, 0.15) is 22.2 Å². The van der Waals surface area contributed by atoms with Gasteiger partial charge >= 0.3 is 0 Å². The molecule has 0 saturated heterocycles. The molecule has 3 aromatic carbocycles. The minimum absolute atomic E-state index is 0.204. The second-order valence-electron chi connectivity index (χ2n) is 7.57. The van der Waals surface area contributed by atoms with Crippen LogP contribution in [0.2, 0.25) is 10.0 Å². The highest BCUT2D eigenvalue weighted by Crippen LogP contribution is 2.38. The fraction of sp³-hybridized carbons (Fsp3) is 0.167. The summed E-state index contributed by atoms with van der Waals surface area (Å²) in [4.78, 5) is 11.1. The number of halogens is 3. The number of hydrogen-bond acceptors (Lipinski definition) is 6. The van der Waals surface area contributed by atoms with Gasteiger partial charge in [0.05, 0.1) is 5.02 Å². The lowest BCUT2D eigenvalue weighted by molar-refractivity contribution is -0.479. The Morgan fingerprint density at radius 2 is 1.80 bits per heavy atom. The first kappa shape index (κ1) is 25.0. The molecule has 0 aliphatic carbocycles. The number of hydrogen-bond donors (Lipinski definition) is 0. The quantitative estimate of drug-likeness (QED) is 0.135. The third-order valence-corrected chi connectivity index (χ3v) is 6.81. The molecule has 0 radical (unpaired) electrons. The van der Waals surface area contributed by atoms with Gasteiger partial charge in [-0.25, -0.2) is 4.39 Å². The predicted octanol–water partition coefficient (Wildman–Crippen LogP) is 6.71. The van der Waals surface area contributed by atoms with E-state index < -0.39 is 5.25 Å². The molecule has 0 aliphatic heterocycles. The lowest BCUT2D eigenvalue weighted by Gasteiger charge is -2.16. The molecule has 0 aliphatic rings. The summed E-state index contributed by atoms with van der Waals surface area (Å²) in [5, 5.41) is 20.7. The van der Waals surface area contributed by atoms with Crippen LogP contribution in [0, 0.1) is 22.9 Å². The topological polar surface area (TPSA) is 83.1 Å². The van der Waals surface area contributed by atoms with E-state index in [1.165, 1.54) is 23.9 Å². The fourth-order valence-corrected chi connectivity index (χ4v) is 4.89. The van der Waals surface area contributed by atoms with Crippen molar-refractivity contribution < 1.29 is 14.1 Å². The van der Waals surface area contributed by atoms with Crippen molar-refractivity contribution in [1.29, 1.82) is 0 Å². The maximum Gasteiger partial charge on any atom is 0.220 e. The summed E-state index contributed by atoms with van der Waals surface area (Å²) < 4.78 is 20.7. The lowest BCUT2D eigenvalue weighted by Crippen LogP contribution is -2.11. The van der Waals surface area contributed by atoms with Crippen LogP contribution in [0.5, 0.6) is 5.75 Å². The third kappa shape index (κ3) is 6.30. The molecule has 0 bridgehead atoms. The van der Waals surface area contributed by atoms with E-state index in [1.54, 1.807) is 49.4 Å². The number of ether oxygens (including phenoxy) is 1. The number of benzene rings is 3. The summed E-state index contributed by atoms with van der Waals surface area (Å²) in [5.41, 5.74) is 2.22. The van der Waals surface area contributed by atoms with E-state index in [1.807, 2.05) is 16.7 Å². The Kier molecular flexibility index (Phi) is 7.90. The van der Waals surface area contributed by atoms with Crippen LogP contribution in [-0.2, 0) is 6.61 Å². The van der Waals surface area contributed by atoms with E-state index in [2.05, 4.69) is 10.2 Å². The monoisotopic (exact) mass is 532 g/mol. The van der Waals surface area contributed by atoms with E-state index in [4.69, 9.17) is 27.9 Å². The van der Waals surface area contributed by atoms with Crippen molar-refractivity contribution in [2.75, 3.05) is 6.54 Å². The third-order valence-electron chi connectivity index (χ3n) is 5.08. The van der Waals surface area contributed by atoms with Gasteiger partial charge in [0.25, 0.3) is 0 Å². The summed E-state index contributed by atoms with van der Waals surface area (Å²) >= 11 is 13.7. The van der Waals surface area contributed by atoms with Gasteiger partial charge in [-0.15, -0.1) is 10.2 Å². The summed E-state index contributed by atoms with van der Waals surface area (Å²) in [7, 11) is 0. The van der Waals surface area contributed by atoms with Gasteiger partial charge < -0.3 is 4.74 Å². The van der Waals surface area contributed by atoms with Crippen molar-refractivity contribution in [3.05, 3.63) is 110 Å². The van der Waals surface area contributed by atoms with E-state index in [9.17, 15) is 14.5 Å². The zero-order chi connectivity index (χ0) is 24.9. The van der Waals surface area contributed by atoms with Crippen LogP contribution in [0.15, 0.2) is 71.9 Å². The Morgan fingerprint density at radius 3 is 2.46 bits per heavy atom. The highest BCUT2D eigenvalue weighted by atomic mass is 35.5. The molecule has 4 aromatic rings. The van der Waals surface area contributed by atoms with Crippen molar-refractivity contribution in [3.63, 3.8) is 0 Å². The maximum absolute atomic E-state index is 13.1. The maximum atomic E-state index is 13.1. The van der Waals surface area contributed by atoms with Crippen LogP contribution in [0.4, 0.5) is 4.39 Å². The Balaban J connectivity index is 1.56. The highest BCUT2D eigenvalue weighted by Gasteiger charge is 2.24. The molecule has 0 spiro atoms. The Morgan fingerprint density at radius 1 is 1.09 bits per heavy atom. The van der Waals surface area contributed by atoms with Crippen molar-refractivity contribution in [1.82, 2.24) is 14.8 Å². The highest BCUT2D eigenvalue weighted by molar-refractivity contribution is 7.99. The standard InChI is InChI=1S/C24H19Cl2FN4O3S/c1-15-28-29-24(31(15)20-9-5-18(25)6-10-20)35-23(13-30(32)33)17-4-11-22(21(26)12-17)34-14-16-2-7-19(27)8-3-16/h2-12,23H,13-14H2,1H3/t23-/m1/s1. The fourth-order valence-electron chi connectivity index (χ4n) is 3.36. The Hall–Kier alpha value is -3.14. The Labute approximate surface area is 215 Å². The number of nitro groups is 1. The SMILES string of the molecule is Cc1nnc(S[C@H](C[N+](=O)[O-])c2ccc(OCc3ccc(F)cc3)c(Cl)c2)n1-c1ccc(Cl)cc1. The van der Waals surface area contributed by atoms with E-state index in [-0.39, 0.29) is 23.9 Å².